The molecule has 0 atom stereocenters. The van der Waals surface area contributed by atoms with Crippen molar-refractivity contribution < 1.29 is 4.39 Å². The molecule has 0 bridgehead atoms. The van der Waals surface area contributed by atoms with Crippen LogP contribution >= 0.6 is 23.2 Å². The zero-order valence-corrected chi connectivity index (χ0v) is 11.3. The molecule has 2 aromatic carbocycles. The van der Waals surface area contributed by atoms with E-state index in [2.05, 4.69) is 5.32 Å². The molecule has 0 fully saturated rings. The van der Waals surface area contributed by atoms with Gasteiger partial charge in [-0.05, 0) is 30.8 Å². The molecule has 0 aliphatic heterocycles. The van der Waals surface area contributed by atoms with Crippen LogP contribution in [0.4, 0.5) is 4.39 Å². The highest BCUT2D eigenvalue weighted by Gasteiger charge is 2.09. The van der Waals surface area contributed by atoms with Gasteiger partial charge < -0.3 is 5.32 Å². The molecular weight excluding hydrogens is 272 g/mol. The summed E-state index contributed by atoms with van der Waals surface area (Å²) in [5, 5.41) is 3.96. The highest BCUT2D eigenvalue weighted by molar-refractivity contribution is 6.36. The van der Waals surface area contributed by atoms with Crippen LogP contribution in [0.25, 0.3) is 11.1 Å². The van der Waals surface area contributed by atoms with Crippen LogP contribution in [0.2, 0.25) is 10.0 Å². The van der Waals surface area contributed by atoms with Gasteiger partial charge in [0.15, 0.2) is 0 Å². The first kappa shape index (κ1) is 13.3. The van der Waals surface area contributed by atoms with Gasteiger partial charge in [0.05, 0.1) is 0 Å². The van der Waals surface area contributed by atoms with Gasteiger partial charge in [-0.15, -0.1) is 0 Å². The van der Waals surface area contributed by atoms with Gasteiger partial charge >= 0.3 is 0 Å². The maximum Gasteiger partial charge on any atom is 0.131 e. The normalized spacial score (nSPS) is 10.7. The summed E-state index contributed by atoms with van der Waals surface area (Å²) in [4.78, 5) is 0. The maximum atomic E-state index is 14.0. The number of benzene rings is 2. The van der Waals surface area contributed by atoms with Crippen LogP contribution in [-0.2, 0) is 6.54 Å². The van der Waals surface area contributed by atoms with E-state index in [0.29, 0.717) is 27.7 Å². The van der Waals surface area contributed by atoms with Crippen molar-refractivity contribution in [3.63, 3.8) is 0 Å². The van der Waals surface area contributed by atoms with Crippen molar-refractivity contribution in [3.05, 3.63) is 57.8 Å². The molecular formula is C14H12Cl2FN. The number of rotatable bonds is 3. The van der Waals surface area contributed by atoms with E-state index in [1.54, 1.807) is 24.3 Å². The maximum absolute atomic E-state index is 14.0. The van der Waals surface area contributed by atoms with Crippen LogP contribution in [0.1, 0.15) is 5.56 Å². The van der Waals surface area contributed by atoms with E-state index in [9.17, 15) is 4.39 Å². The average Bonchev–Trinajstić information content (AvgIpc) is 2.31. The molecule has 0 unspecified atom stereocenters. The van der Waals surface area contributed by atoms with E-state index in [1.165, 1.54) is 6.07 Å². The van der Waals surface area contributed by atoms with Crippen molar-refractivity contribution >= 4 is 23.2 Å². The number of hydrogen-bond donors (Lipinski definition) is 1. The largest absolute Gasteiger partial charge is 0.316 e. The predicted molar refractivity (Wildman–Crippen MR) is 74.6 cm³/mol. The van der Waals surface area contributed by atoms with Gasteiger partial charge in [0, 0.05) is 27.7 Å². The summed E-state index contributed by atoms with van der Waals surface area (Å²) in [5.74, 6) is -0.285. The second kappa shape index (κ2) is 5.70. The third-order valence-electron chi connectivity index (χ3n) is 2.64. The lowest BCUT2D eigenvalue weighted by molar-refractivity contribution is 0.627. The molecule has 0 amide bonds. The minimum Gasteiger partial charge on any atom is -0.316 e. The monoisotopic (exact) mass is 283 g/mol. The fraction of sp³-hybridized carbons (Fsp3) is 0.143. The Labute approximate surface area is 116 Å². The van der Waals surface area contributed by atoms with Crippen molar-refractivity contribution in [1.29, 1.82) is 0 Å². The average molecular weight is 284 g/mol. The fourth-order valence-corrected chi connectivity index (χ4v) is 2.31. The standard InChI is InChI=1S/C14H12Cl2FN/c1-18-8-9-2-4-12(14(17)6-9)11-5-3-10(15)7-13(11)16/h2-7,18H,8H2,1H3. The Morgan fingerprint density at radius 3 is 2.39 bits per heavy atom. The van der Waals surface area contributed by atoms with Crippen molar-refractivity contribution in [2.75, 3.05) is 7.05 Å². The minimum absolute atomic E-state index is 0.285. The van der Waals surface area contributed by atoms with E-state index in [-0.39, 0.29) is 5.82 Å². The molecule has 0 radical (unpaired) electrons. The summed E-state index contributed by atoms with van der Waals surface area (Å²) in [7, 11) is 1.82. The minimum atomic E-state index is -0.285. The highest BCUT2D eigenvalue weighted by atomic mass is 35.5. The number of halogens is 3. The Bertz CT molecular complexity index is 570. The van der Waals surface area contributed by atoms with Crippen LogP contribution in [-0.4, -0.2) is 7.05 Å². The van der Waals surface area contributed by atoms with Gasteiger partial charge in [-0.3, -0.25) is 0 Å². The van der Waals surface area contributed by atoms with E-state index in [4.69, 9.17) is 23.2 Å². The summed E-state index contributed by atoms with van der Waals surface area (Å²) in [6, 6.07) is 10.2. The molecule has 1 nitrogen and oxygen atoms in total. The molecule has 0 saturated carbocycles. The molecule has 18 heavy (non-hydrogen) atoms. The van der Waals surface area contributed by atoms with Crippen LogP contribution in [0.3, 0.4) is 0 Å². The Balaban J connectivity index is 2.44. The van der Waals surface area contributed by atoms with Gasteiger partial charge in [-0.1, -0.05) is 41.4 Å². The van der Waals surface area contributed by atoms with Crippen LogP contribution < -0.4 is 5.32 Å². The third-order valence-corrected chi connectivity index (χ3v) is 3.18. The van der Waals surface area contributed by atoms with Gasteiger partial charge in [0.2, 0.25) is 0 Å². The van der Waals surface area contributed by atoms with Crippen molar-refractivity contribution in [2.45, 2.75) is 6.54 Å². The predicted octanol–water partition coefficient (Wildman–Crippen LogP) is 4.52. The topological polar surface area (TPSA) is 12.0 Å². The van der Waals surface area contributed by atoms with Crippen molar-refractivity contribution in [3.8, 4) is 11.1 Å². The summed E-state index contributed by atoms with van der Waals surface area (Å²) in [5.41, 5.74) is 2.02. The first-order chi connectivity index (χ1) is 8.61. The Morgan fingerprint density at radius 2 is 1.78 bits per heavy atom. The smallest absolute Gasteiger partial charge is 0.131 e. The molecule has 0 saturated heterocycles. The summed E-state index contributed by atoms with van der Waals surface area (Å²) in [6.45, 7) is 0.631. The van der Waals surface area contributed by atoms with Gasteiger partial charge in [0.1, 0.15) is 5.82 Å². The number of hydrogen-bond acceptors (Lipinski definition) is 1. The molecule has 0 spiro atoms. The quantitative estimate of drug-likeness (QED) is 0.873. The van der Waals surface area contributed by atoms with Gasteiger partial charge in [0.25, 0.3) is 0 Å². The Hall–Kier alpha value is -1.09. The zero-order valence-electron chi connectivity index (χ0n) is 9.81. The lowest BCUT2D eigenvalue weighted by Crippen LogP contribution is -2.05. The lowest BCUT2D eigenvalue weighted by atomic mass is 10.0. The Morgan fingerprint density at radius 1 is 1.06 bits per heavy atom. The van der Waals surface area contributed by atoms with Crippen LogP contribution in [0.5, 0.6) is 0 Å². The lowest BCUT2D eigenvalue weighted by Gasteiger charge is -2.08. The first-order valence-electron chi connectivity index (χ1n) is 5.50. The van der Waals surface area contributed by atoms with E-state index >= 15 is 0 Å². The van der Waals surface area contributed by atoms with E-state index in [0.717, 1.165) is 5.56 Å². The van der Waals surface area contributed by atoms with Crippen LogP contribution in [0.15, 0.2) is 36.4 Å². The fourth-order valence-electron chi connectivity index (χ4n) is 1.80. The molecule has 0 aromatic heterocycles. The highest BCUT2D eigenvalue weighted by Crippen LogP contribution is 2.32. The second-order valence-electron chi connectivity index (χ2n) is 3.97. The van der Waals surface area contributed by atoms with Crippen molar-refractivity contribution in [2.24, 2.45) is 0 Å². The molecule has 1 N–H and O–H groups in total. The summed E-state index contributed by atoms with van der Waals surface area (Å²) in [6.07, 6.45) is 0. The molecule has 0 aliphatic rings. The summed E-state index contributed by atoms with van der Waals surface area (Å²) >= 11 is 11.9. The molecule has 0 aliphatic carbocycles. The van der Waals surface area contributed by atoms with Gasteiger partial charge in [-0.25, -0.2) is 4.39 Å². The van der Waals surface area contributed by atoms with Crippen LogP contribution in [0, 0.1) is 5.82 Å². The first-order valence-corrected chi connectivity index (χ1v) is 6.26. The van der Waals surface area contributed by atoms with Crippen molar-refractivity contribution in [1.82, 2.24) is 5.32 Å². The molecule has 94 valence electrons. The molecule has 2 rings (SSSR count). The summed E-state index contributed by atoms with van der Waals surface area (Å²) < 4.78 is 14.0. The van der Waals surface area contributed by atoms with E-state index in [1.807, 2.05) is 13.1 Å². The zero-order chi connectivity index (χ0) is 13.1. The molecule has 4 heteroatoms. The SMILES string of the molecule is CNCc1ccc(-c2ccc(Cl)cc2Cl)c(F)c1. The third kappa shape index (κ3) is 2.83. The number of nitrogens with one attached hydrogen (secondary N) is 1. The molecule has 0 heterocycles. The molecule has 2 aromatic rings. The second-order valence-corrected chi connectivity index (χ2v) is 4.81. The Kier molecular flexibility index (Phi) is 4.23. The van der Waals surface area contributed by atoms with Gasteiger partial charge in [-0.2, -0.15) is 0 Å². The van der Waals surface area contributed by atoms with E-state index < -0.39 is 0 Å².